The van der Waals surface area contributed by atoms with Gasteiger partial charge in [-0.25, -0.2) is 4.79 Å². The van der Waals surface area contributed by atoms with Crippen molar-refractivity contribution in [3.8, 4) is 0 Å². The minimum Gasteiger partial charge on any atom is -0.455 e. The predicted octanol–water partition coefficient (Wildman–Crippen LogP) is -0.390. The fourth-order valence-electron chi connectivity index (χ4n) is 8.16. The Morgan fingerprint density at radius 3 is 1.23 bits per heavy atom. The Hall–Kier alpha value is -0.889. The SMILES string of the molecule is C.C.C.C.C[Si](C)(CCCCC(=O)C(O)C(O)C(O)C(O)CO)O[Si](C)(C)O[Si](C)(C)CCCNC(=O)C(O)C(O)C(O)C(O)CO.C[Si](C)(CCCN)O[Si](C)(C)O[Si](C)(C)CCCN.O=C1O[C@H](CO)[C@@H](O)[C@H](O)[C@H]1O. The number of cyclic esters (lactones) is 1. The Bertz CT molecular complexity index is 1510. The van der Waals surface area contributed by atoms with Crippen molar-refractivity contribution in [2.45, 2.75) is 244 Å². The maximum absolute atomic E-state index is 12.2. The third kappa shape index (κ3) is 36.0. The van der Waals surface area contributed by atoms with E-state index < -0.39 is 161 Å². The van der Waals surface area contributed by atoms with Gasteiger partial charge >= 0.3 is 23.1 Å². The summed E-state index contributed by atoms with van der Waals surface area (Å²) in [5, 5.41) is 133. The third-order valence-corrected chi connectivity index (χ3v) is 34.5. The first-order valence-electron chi connectivity index (χ1n) is 25.3. The molecule has 1 aliphatic rings. The smallest absolute Gasteiger partial charge is 0.338 e. The molecule has 0 aromatic heterocycles. The third-order valence-electron chi connectivity index (χ3n) is 11.6. The first-order valence-corrected chi connectivity index (χ1v) is 43.3. The molecule has 0 aromatic rings. The molecule has 0 spiro atoms. The molecule has 8 unspecified atom stereocenters. The lowest BCUT2D eigenvalue weighted by atomic mass is 9.98. The van der Waals surface area contributed by atoms with Gasteiger partial charge < -0.3 is 109 Å². The number of ketones is 1. The Morgan fingerprint density at radius 2 is 0.885 bits per heavy atom. The molecule has 474 valence electrons. The fourth-order valence-corrected chi connectivity index (χ4v) is 36.4. The number of rotatable bonds is 34. The molecule has 1 heterocycles. The number of amides is 1. The number of hydrogen-bond donors (Lipinski definition) is 17. The number of ether oxygens (including phenoxy) is 1. The number of Topliss-reactive ketones (excluding diaryl/α,β-unsaturated/α-hetero) is 1. The van der Waals surface area contributed by atoms with Crippen LogP contribution in [0.25, 0.3) is 0 Å². The molecule has 0 aromatic carbocycles. The molecule has 0 aliphatic carbocycles. The Balaban J connectivity index is -0.000000304. The summed E-state index contributed by atoms with van der Waals surface area (Å²) in [5.74, 6) is -2.64. The topological polar surface area (TPSA) is 445 Å². The minimum absolute atomic E-state index is 0. The molecule has 1 saturated heterocycles. The van der Waals surface area contributed by atoms with E-state index in [4.69, 9.17) is 58.6 Å². The number of esters is 1. The molecule has 0 saturated carbocycles. The van der Waals surface area contributed by atoms with Crippen LogP contribution in [0.4, 0.5) is 0 Å². The highest BCUT2D eigenvalue weighted by atomic mass is 28.5. The lowest BCUT2D eigenvalue weighted by Gasteiger charge is -2.39. The average molecular weight is 1240 g/mol. The predicted molar refractivity (Wildman–Crippen MR) is 316 cm³/mol. The molecule has 1 aliphatic heterocycles. The van der Waals surface area contributed by atoms with E-state index in [2.05, 4.69) is 49.3 Å². The number of aliphatic hydroxyl groups is 14. The highest BCUT2D eigenvalue weighted by Gasteiger charge is 2.44. The van der Waals surface area contributed by atoms with E-state index in [1.807, 2.05) is 39.3 Å². The van der Waals surface area contributed by atoms with Gasteiger partial charge in [0, 0.05) is 13.0 Å². The maximum atomic E-state index is 12.2. The highest BCUT2D eigenvalue weighted by molar-refractivity contribution is 6.88. The average Bonchev–Trinajstić information content (AvgIpc) is 3.29. The van der Waals surface area contributed by atoms with Crippen molar-refractivity contribution in [1.29, 1.82) is 0 Å². The fraction of sp³-hybridized carbons (Fsp3) is 0.936. The number of nitrogens with two attached hydrogens (primary N) is 2. The van der Waals surface area contributed by atoms with Crippen LogP contribution in [0.2, 0.25) is 103 Å². The quantitative estimate of drug-likeness (QED) is 0.0222. The molecule has 25 nitrogen and oxygen atoms in total. The number of unbranched alkanes of at least 4 members (excludes halogenated alkanes) is 1. The Morgan fingerprint density at radius 1 is 0.538 bits per heavy atom. The van der Waals surface area contributed by atoms with Crippen LogP contribution < -0.4 is 16.8 Å². The second-order valence-corrected chi connectivity index (χ2v) is 47.0. The van der Waals surface area contributed by atoms with Crippen molar-refractivity contribution in [3.63, 3.8) is 0 Å². The largest absolute Gasteiger partial charge is 0.455 e. The monoisotopic (exact) mass is 1240 g/mol. The van der Waals surface area contributed by atoms with Gasteiger partial charge in [0.2, 0.25) is 0 Å². The summed E-state index contributed by atoms with van der Waals surface area (Å²) in [4.78, 5) is 35.0. The minimum atomic E-state index is -2.58. The van der Waals surface area contributed by atoms with Crippen molar-refractivity contribution in [3.05, 3.63) is 0 Å². The number of carbonyl (C=O) groups is 3. The van der Waals surface area contributed by atoms with Crippen LogP contribution in [0, 0.1) is 0 Å². The zero-order chi connectivity index (χ0) is 58.2. The molecule has 12 atom stereocenters. The molecule has 1 rings (SSSR count). The second kappa shape index (κ2) is 41.2. The lowest BCUT2D eigenvalue weighted by Crippen LogP contribution is -2.56. The van der Waals surface area contributed by atoms with Crippen LogP contribution in [-0.2, 0) is 35.6 Å². The molecule has 78 heavy (non-hydrogen) atoms. The van der Waals surface area contributed by atoms with Gasteiger partial charge in [-0.3, -0.25) is 9.59 Å². The summed E-state index contributed by atoms with van der Waals surface area (Å²) in [6, 6.07) is 3.60. The number of aliphatic hydroxyl groups excluding tert-OH is 14. The molecule has 1 fully saturated rings. The van der Waals surface area contributed by atoms with Gasteiger partial charge in [-0.1, -0.05) is 36.1 Å². The van der Waals surface area contributed by atoms with Crippen molar-refractivity contribution >= 4 is 68.1 Å². The molecule has 0 radical (unpaired) electrons. The summed E-state index contributed by atoms with van der Waals surface area (Å²) >= 11 is 0. The summed E-state index contributed by atoms with van der Waals surface area (Å²) < 4.78 is 30.3. The Kier molecular flexibility index (Phi) is 46.6. The van der Waals surface area contributed by atoms with Crippen molar-refractivity contribution in [1.82, 2.24) is 5.32 Å². The summed E-state index contributed by atoms with van der Waals surface area (Å²) in [6.07, 6.45) is -17.2. The first-order chi connectivity index (χ1) is 33.7. The van der Waals surface area contributed by atoms with E-state index in [-0.39, 0.29) is 42.7 Å². The van der Waals surface area contributed by atoms with Gasteiger partial charge in [0.15, 0.2) is 57.4 Å². The zero-order valence-corrected chi connectivity index (χ0v) is 51.9. The van der Waals surface area contributed by atoms with E-state index in [9.17, 15) is 55.2 Å². The standard InChI is InChI=1S/C25H55NO14Si3.C12H34N2O2Si3.C6H10O6.4CH4/c1-41(2,12-8-7-10-16(29)19(32)22(35)20(33)17(30)14-27)39-43(5,6)40-42(3,4)13-9-11-26-25(38)24(37)23(36)21(34)18(31)15-28;1-17(2,11-7-9-13)15-19(5,6)16-18(3,4)12-8-10-14;7-1-2-3(8)4(9)5(10)6(11)12-2;;;;/h17-24,27-28,30-37H,7-15H2,1-6H3,(H,26,38);7-14H2,1-6H3;2-5,7-10H,1H2;4*1H4/t;;2-,3-,4+,5-;;;;/m..1..../s1. The molecular formula is C47H115N3O22Si6. The number of carbonyl (C=O) groups excluding carboxylic acids is 3. The first kappa shape index (κ1) is 88.3. The van der Waals surface area contributed by atoms with E-state index in [1.54, 1.807) is 0 Å². The van der Waals surface area contributed by atoms with Crippen LogP contribution in [0.1, 0.15) is 68.2 Å². The van der Waals surface area contributed by atoms with Gasteiger partial charge in [0.05, 0.1) is 19.8 Å². The van der Waals surface area contributed by atoms with Crippen LogP contribution in [0.15, 0.2) is 0 Å². The number of nitrogens with one attached hydrogen (secondary N) is 1. The maximum Gasteiger partial charge on any atom is 0.338 e. The number of hydrogen-bond acceptors (Lipinski definition) is 24. The second-order valence-electron chi connectivity index (χ2n) is 22.0. The zero-order valence-electron chi connectivity index (χ0n) is 45.9. The Labute approximate surface area is 473 Å². The van der Waals surface area contributed by atoms with E-state index in [1.165, 1.54) is 0 Å². The van der Waals surface area contributed by atoms with Gasteiger partial charge in [-0.05, 0) is 142 Å². The highest BCUT2D eigenvalue weighted by Crippen LogP contribution is 2.28. The lowest BCUT2D eigenvalue weighted by molar-refractivity contribution is -0.206. The molecule has 19 N–H and O–H groups in total. The summed E-state index contributed by atoms with van der Waals surface area (Å²) in [5.41, 5.74) is 11.2. The molecule has 31 heteroatoms. The van der Waals surface area contributed by atoms with Gasteiger partial charge in [0.1, 0.15) is 54.9 Å². The molecule has 0 bridgehead atoms. The summed E-state index contributed by atoms with van der Waals surface area (Å²) in [6.45, 7) is 24.9. The molecule has 1 amide bonds. The van der Waals surface area contributed by atoms with Gasteiger partial charge in [0.25, 0.3) is 5.91 Å². The van der Waals surface area contributed by atoms with Crippen LogP contribution in [0.5, 0.6) is 0 Å². The van der Waals surface area contributed by atoms with Crippen LogP contribution >= 0.6 is 0 Å². The molecular weight excluding hydrogens is 1130 g/mol. The van der Waals surface area contributed by atoms with Crippen LogP contribution in [0.3, 0.4) is 0 Å². The van der Waals surface area contributed by atoms with E-state index in [0.717, 1.165) is 38.0 Å². The van der Waals surface area contributed by atoms with Crippen molar-refractivity contribution in [2.75, 3.05) is 39.5 Å². The van der Waals surface area contributed by atoms with Crippen molar-refractivity contribution in [2.24, 2.45) is 11.5 Å². The normalized spacial score (nSPS) is 20.2. The van der Waals surface area contributed by atoms with E-state index >= 15 is 0 Å². The summed E-state index contributed by atoms with van der Waals surface area (Å²) in [7, 11) is -12.4. The van der Waals surface area contributed by atoms with Gasteiger partial charge in [-0.15, -0.1) is 0 Å². The van der Waals surface area contributed by atoms with Crippen LogP contribution in [-0.4, -0.2) is 252 Å². The van der Waals surface area contributed by atoms with E-state index in [0.29, 0.717) is 31.4 Å². The van der Waals surface area contributed by atoms with Crippen molar-refractivity contribution < 1.29 is 107 Å². The van der Waals surface area contributed by atoms with Gasteiger partial charge in [-0.2, -0.15) is 0 Å².